The molecule has 0 radical (unpaired) electrons. The number of hydrogen-bond acceptors (Lipinski definition) is 5. The van der Waals surface area contributed by atoms with Gasteiger partial charge >= 0.3 is 21.1 Å². The van der Waals surface area contributed by atoms with Crippen molar-refractivity contribution in [3.8, 4) is 22.5 Å². The van der Waals surface area contributed by atoms with Crippen LogP contribution in [0.4, 0.5) is 34.6 Å². The van der Waals surface area contributed by atoms with Gasteiger partial charge in [-0.2, -0.15) is 22.9 Å². The van der Waals surface area contributed by atoms with E-state index in [1.165, 1.54) is 0 Å². The maximum absolute atomic E-state index is 6.41. The van der Waals surface area contributed by atoms with Gasteiger partial charge in [-0.1, -0.05) is 97.1 Å². The van der Waals surface area contributed by atoms with Gasteiger partial charge in [-0.25, -0.2) is 9.97 Å². The summed E-state index contributed by atoms with van der Waals surface area (Å²) in [7, 11) is 4.14. The minimum atomic E-state index is 0. The molecule has 3 heterocycles. The third kappa shape index (κ3) is 6.01. The molecule has 266 valence electrons. The average molecular weight is 884 g/mol. The van der Waals surface area contributed by atoms with Crippen molar-refractivity contribution in [2.24, 2.45) is 14.1 Å². The normalized spacial score (nSPS) is 11.2. The van der Waals surface area contributed by atoms with E-state index in [0.29, 0.717) is 0 Å². The molecule has 0 bridgehead atoms. The van der Waals surface area contributed by atoms with Gasteiger partial charge in [-0.3, -0.25) is 9.80 Å². The van der Waals surface area contributed by atoms with Crippen molar-refractivity contribution >= 4 is 56.6 Å². The van der Waals surface area contributed by atoms with Gasteiger partial charge in [0.15, 0.2) is 0 Å². The third-order valence-corrected chi connectivity index (χ3v) is 9.75. The Morgan fingerprint density at radius 2 is 0.833 bits per heavy atom. The number of nitrogens with zero attached hydrogens (tertiary/aromatic N) is 6. The van der Waals surface area contributed by atoms with Gasteiger partial charge in [0.05, 0.1) is 22.8 Å². The molecule has 7 nitrogen and oxygen atoms in total. The summed E-state index contributed by atoms with van der Waals surface area (Å²) in [5.41, 5.74) is 11.3. The monoisotopic (exact) mass is 883 g/mol. The molecule has 3 aromatic heterocycles. The van der Waals surface area contributed by atoms with Gasteiger partial charge in [0, 0.05) is 36.6 Å². The molecule has 9 aromatic rings. The van der Waals surface area contributed by atoms with E-state index in [0.717, 1.165) is 90.5 Å². The maximum atomic E-state index is 6.41. The van der Waals surface area contributed by atoms with Gasteiger partial charge < -0.3 is 13.6 Å². The summed E-state index contributed by atoms with van der Waals surface area (Å²) in [5.74, 6) is 1.57. The third-order valence-electron chi connectivity index (χ3n) is 9.75. The molecular formula is C46H36N6OPt. The first kappa shape index (κ1) is 34.9. The quantitative estimate of drug-likeness (QED) is 0.142. The second-order valence-electron chi connectivity index (χ2n) is 13.2. The number of imidazole rings is 2. The second-order valence-corrected chi connectivity index (χ2v) is 13.2. The molecule has 6 aromatic carbocycles. The van der Waals surface area contributed by atoms with Crippen LogP contribution in [0.5, 0.6) is 0 Å². The first-order valence-corrected chi connectivity index (χ1v) is 17.6. The number of rotatable bonds is 8. The van der Waals surface area contributed by atoms with E-state index >= 15 is 0 Å². The zero-order valence-electron chi connectivity index (χ0n) is 30.3. The van der Waals surface area contributed by atoms with Gasteiger partial charge in [0.25, 0.3) is 0 Å². The standard InChI is InChI=1S/C46H36N6O.Pt/c1-31-43(33-17-9-5-10-18-33)49(3)45(47-31)51(35-21-13-7-14-22-35)37-25-27-41-39(29-37)40-30-38(26-28-42(40)53-41)52(36-23-15-8-16-24-36)46-48-32(2)44(50(46)4)34-19-11-6-12-20-34;/h5-28H,1-4H3;/q-2;+2. The number of aromatic nitrogens is 4. The van der Waals surface area contributed by atoms with Crippen molar-refractivity contribution in [1.29, 1.82) is 0 Å². The Labute approximate surface area is 329 Å². The van der Waals surface area contributed by atoms with Crippen LogP contribution in [-0.4, -0.2) is 19.1 Å². The SMILES string of the molecule is Cc1nc(N(c2[c-]c3c(cc2)oc2ccc(N(c4ccccc4)c4nc(C)c(-c5ccccc5)n4C)[c-]c23)c2ccccc2)n(C)c1-c1ccccc1.[Pt+2]. The molecule has 8 heteroatoms. The van der Waals surface area contributed by atoms with Crippen LogP contribution in [0, 0.1) is 26.0 Å². The first-order valence-electron chi connectivity index (χ1n) is 17.6. The number of para-hydroxylation sites is 2. The molecular weight excluding hydrogens is 848 g/mol. The molecule has 0 saturated carbocycles. The molecule has 0 saturated heterocycles. The Kier molecular flexibility index (Phi) is 9.26. The number of hydrogen-bond donors (Lipinski definition) is 0. The topological polar surface area (TPSA) is 55.3 Å². The number of anilines is 6. The Morgan fingerprint density at radius 3 is 1.20 bits per heavy atom. The van der Waals surface area contributed by atoms with Crippen LogP contribution in [-0.2, 0) is 35.2 Å². The predicted molar refractivity (Wildman–Crippen MR) is 215 cm³/mol. The van der Waals surface area contributed by atoms with Crippen molar-refractivity contribution in [3.63, 3.8) is 0 Å². The van der Waals surface area contributed by atoms with Gasteiger partial charge in [0.1, 0.15) is 0 Å². The summed E-state index contributed by atoms with van der Waals surface area (Å²) >= 11 is 0. The van der Waals surface area contributed by atoms with E-state index in [9.17, 15) is 0 Å². The predicted octanol–water partition coefficient (Wildman–Crippen LogP) is 11.5. The molecule has 0 aliphatic carbocycles. The summed E-state index contributed by atoms with van der Waals surface area (Å²) in [4.78, 5) is 14.6. The van der Waals surface area contributed by atoms with Gasteiger partial charge in [-0.05, 0) is 60.7 Å². The minimum Gasteiger partial charge on any atom is -0.564 e. The van der Waals surface area contributed by atoms with E-state index in [2.05, 4.69) is 132 Å². The molecule has 0 spiro atoms. The summed E-state index contributed by atoms with van der Waals surface area (Å²) in [6.45, 7) is 4.12. The van der Waals surface area contributed by atoms with Crippen molar-refractivity contribution < 1.29 is 25.5 Å². The molecule has 0 aliphatic heterocycles. The van der Waals surface area contributed by atoms with Crippen LogP contribution >= 0.6 is 0 Å². The Hall–Kier alpha value is -6.17. The summed E-state index contributed by atoms with van der Waals surface area (Å²) < 4.78 is 10.7. The number of furan rings is 1. The molecule has 0 atom stereocenters. The fourth-order valence-electron chi connectivity index (χ4n) is 7.38. The van der Waals surface area contributed by atoms with Crippen LogP contribution in [0.3, 0.4) is 0 Å². The van der Waals surface area contributed by atoms with Gasteiger partial charge in [-0.15, -0.1) is 24.3 Å². The van der Waals surface area contributed by atoms with Crippen LogP contribution in [0.1, 0.15) is 11.4 Å². The van der Waals surface area contributed by atoms with Crippen LogP contribution < -0.4 is 9.80 Å². The summed E-state index contributed by atoms with van der Waals surface area (Å²) in [6, 6.07) is 57.0. The number of benzene rings is 6. The van der Waals surface area contributed by atoms with E-state index in [1.807, 2.05) is 72.8 Å². The van der Waals surface area contributed by atoms with Gasteiger partial charge in [0.2, 0.25) is 11.9 Å². The molecule has 54 heavy (non-hydrogen) atoms. The largest absolute Gasteiger partial charge is 2.00 e. The zero-order valence-corrected chi connectivity index (χ0v) is 32.5. The van der Waals surface area contributed by atoms with Crippen molar-refractivity contribution in [2.45, 2.75) is 13.8 Å². The van der Waals surface area contributed by atoms with E-state index in [1.54, 1.807) is 0 Å². The Bertz CT molecular complexity index is 2530. The second kappa shape index (κ2) is 14.3. The number of aryl methyl sites for hydroxylation is 2. The van der Waals surface area contributed by atoms with Crippen molar-refractivity contribution in [2.75, 3.05) is 9.80 Å². The van der Waals surface area contributed by atoms with E-state index < -0.39 is 0 Å². The smallest absolute Gasteiger partial charge is 0.564 e. The summed E-state index contributed by atoms with van der Waals surface area (Å²) in [6.07, 6.45) is 0. The fraction of sp³-hybridized carbons (Fsp3) is 0.0870. The molecule has 0 fully saturated rings. The van der Waals surface area contributed by atoms with Crippen LogP contribution in [0.25, 0.3) is 44.5 Å². The zero-order chi connectivity index (χ0) is 36.1. The van der Waals surface area contributed by atoms with E-state index in [-0.39, 0.29) is 21.1 Å². The van der Waals surface area contributed by atoms with Crippen LogP contribution in [0.2, 0.25) is 0 Å². The molecule has 0 aliphatic rings. The Balaban J connectivity index is 0.00000413. The van der Waals surface area contributed by atoms with Crippen molar-refractivity contribution in [1.82, 2.24) is 19.1 Å². The van der Waals surface area contributed by atoms with E-state index in [4.69, 9.17) is 14.4 Å². The average Bonchev–Trinajstić information content (AvgIpc) is 3.81. The van der Waals surface area contributed by atoms with Crippen LogP contribution in [0.15, 0.2) is 150 Å². The fourth-order valence-corrected chi connectivity index (χ4v) is 7.38. The molecule has 0 N–H and O–H groups in total. The summed E-state index contributed by atoms with van der Waals surface area (Å²) in [5, 5.41) is 1.67. The minimum absolute atomic E-state index is 0. The molecule has 9 rings (SSSR count). The first-order chi connectivity index (χ1) is 26.0. The van der Waals surface area contributed by atoms with Crippen molar-refractivity contribution in [3.05, 3.63) is 169 Å². The molecule has 0 unspecified atom stereocenters. The Morgan fingerprint density at radius 1 is 0.481 bits per heavy atom. The molecule has 0 amide bonds. The maximum Gasteiger partial charge on any atom is 2.00 e. The number of fused-ring (bicyclic) bond motifs is 3.